The monoisotopic (exact) mass is 356 g/mol. The van der Waals surface area contributed by atoms with E-state index < -0.39 is 12.0 Å². The molecule has 0 aliphatic rings. The van der Waals surface area contributed by atoms with E-state index in [1.54, 1.807) is 12.1 Å². The number of rotatable bonds is 6. The highest BCUT2D eigenvalue weighted by Crippen LogP contribution is 2.26. The fraction of sp³-hybridized carbons (Fsp3) is 0.467. The highest BCUT2D eigenvalue weighted by atomic mass is 79.9. The number of aromatic carboxylic acids is 1. The molecule has 1 aromatic rings. The average Bonchev–Trinajstić information content (AvgIpc) is 2.40. The molecule has 0 saturated carbocycles. The first-order valence-electron chi connectivity index (χ1n) is 6.94. The topological polar surface area (TPSA) is 78.4 Å². The summed E-state index contributed by atoms with van der Waals surface area (Å²) in [7, 11) is 0. The van der Waals surface area contributed by atoms with Crippen LogP contribution in [0.2, 0.25) is 0 Å². The number of carboxylic acid groups (broad SMARTS) is 1. The molecule has 0 spiro atoms. The summed E-state index contributed by atoms with van der Waals surface area (Å²) in [6.45, 7) is 6.17. The van der Waals surface area contributed by atoms with Crippen molar-refractivity contribution < 1.29 is 14.7 Å². The van der Waals surface area contributed by atoms with E-state index in [2.05, 4.69) is 40.4 Å². The molecule has 0 aliphatic carbocycles. The van der Waals surface area contributed by atoms with Gasteiger partial charge in [-0.3, -0.25) is 0 Å². The number of amides is 2. The molecule has 0 heterocycles. The number of nitrogens with one attached hydrogen (secondary N) is 2. The lowest BCUT2D eigenvalue weighted by molar-refractivity contribution is 0.0698. The molecule has 1 rings (SSSR count). The first-order chi connectivity index (χ1) is 9.85. The summed E-state index contributed by atoms with van der Waals surface area (Å²) >= 11 is 3.26. The summed E-state index contributed by atoms with van der Waals surface area (Å²) in [5.41, 5.74) is 0.312. The Balaban J connectivity index is 2.73. The van der Waals surface area contributed by atoms with Crippen LogP contribution in [0.1, 0.15) is 44.0 Å². The number of hydrogen-bond acceptors (Lipinski definition) is 2. The van der Waals surface area contributed by atoms with E-state index in [9.17, 15) is 9.59 Å². The number of urea groups is 1. The summed E-state index contributed by atoms with van der Waals surface area (Å²) in [5.74, 6) is -0.558. The smallest absolute Gasteiger partial charge is 0.337 e. The Morgan fingerprint density at radius 1 is 1.33 bits per heavy atom. The second kappa shape index (κ2) is 8.02. The van der Waals surface area contributed by atoms with Gasteiger partial charge in [-0.15, -0.1) is 0 Å². The average molecular weight is 357 g/mol. The van der Waals surface area contributed by atoms with Crippen LogP contribution in [0, 0.1) is 5.92 Å². The zero-order valence-electron chi connectivity index (χ0n) is 12.4. The van der Waals surface area contributed by atoms with Crippen LogP contribution in [-0.2, 0) is 0 Å². The van der Waals surface area contributed by atoms with Crippen molar-refractivity contribution in [3.8, 4) is 0 Å². The molecule has 2 amide bonds. The van der Waals surface area contributed by atoms with Crippen molar-refractivity contribution in [1.82, 2.24) is 5.32 Å². The molecule has 0 saturated heterocycles. The Morgan fingerprint density at radius 3 is 2.57 bits per heavy atom. The maximum Gasteiger partial charge on any atom is 0.337 e. The van der Waals surface area contributed by atoms with Crippen LogP contribution < -0.4 is 10.6 Å². The Bertz CT molecular complexity index is 520. The van der Waals surface area contributed by atoms with Crippen LogP contribution >= 0.6 is 15.9 Å². The minimum Gasteiger partial charge on any atom is -0.478 e. The van der Waals surface area contributed by atoms with Crippen molar-refractivity contribution >= 4 is 33.6 Å². The van der Waals surface area contributed by atoms with E-state index >= 15 is 0 Å². The summed E-state index contributed by atoms with van der Waals surface area (Å²) < 4.78 is 0.534. The zero-order valence-corrected chi connectivity index (χ0v) is 14.0. The van der Waals surface area contributed by atoms with Gasteiger partial charge in [0.2, 0.25) is 0 Å². The summed E-state index contributed by atoms with van der Waals surface area (Å²) in [4.78, 5) is 23.2. The molecule has 21 heavy (non-hydrogen) atoms. The predicted octanol–water partition coefficient (Wildman–Crippen LogP) is 4.09. The van der Waals surface area contributed by atoms with Crippen LogP contribution in [0.3, 0.4) is 0 Å². The van der Waals surface area contributed by atoms with Gasteiger partial charge in [-0.1, -0.05) is 26.3 Å². The third kappa shape index (κ3) is 5.38. The van der Waals surface area contributed by atoms with Crippen LogP contribution in [0.25, 0.3) is 0 Å². The number of carbonyl (C=O) groups excluding carboxylic acids is 1. The summed E-state index contributed by atoms with van der Waals surface area (Å²) in [5, 5.41) is 14.6. The second-order valence-corrected chi connectivity index (χ2v) is 6.07. The molecule has 2 unspecified atom stereocenters. The number of halogens is 1. The maximum absolute atomic E-state index is 12.0. The Kier molecular flexibility index (Phi) is 6.68. The van der Waals surface area contributed by atoms with Crippen LogP contribution in [0.4, 0.5) is 10.5 Å². The van der Waals surface area contributed by atoms with Gasteiger partial charge in [0.05, 0.1) is 11.3 Å². The SMILES string of the molecule is CCC(C)CC(C)NC(=O)Nc1c(Br)cccc1C(=O)O. The van der Waals surface area contributed by atoms with Gasteiger partial charge in [-0.25, -0.2) is 9.59 Å². The number of carbonyl (C=O) groups is 2. The minimum atomic E-state index is -1.08. The quantitative estimate of drug-likeness (QED) is 0.717. The lowest BCUT2D eigenvalue weighted by Crippen LogP contribution is -2.37. The van der Waals surface area contributed by atoms with Gasteiger partial charge in [-0.05, 0) is 47.3 Å². The van der Waals surface area contributed by atoms with Gasteiger partial charge >= 0.3 is 12.0 Å². The lowest BCUT2D eigenvalue weighted by atomic mass is 10.0. The predicted molar refractivity (Wildman–Crippen MR) is 86.8 cm³/mol. The standard InChI is InChI=1S/C15H21BrN2O3/c1-4-9(2)8-10(3)17-15(21)18-13-11(14(19)20)6-5-7-12(13)16/h5-7,9-10H,4,8H2,1-3H3,(H,19,20)(H2,17,18,21). The van der Waals surface area contributed by atoms with Crippen molar-refractivity contribution in [1.29, 1.82) is 0 Å². The highest BCUT2D eigenvalue weighted by molar-refractivity contribution is 9.10. The molecule has 0 radical (unpaired) electrons. The van der Waals surface area contributed by atoms with E-state index in [4.69, 9.17) is 5.11 Å². The highest BCUT2D eigenvalue weighted by Gasteiger charge is 2.16. The number of carboxylic acids is 1. The van der Waals surface area contributed by atoms with Gasteiger partial charge in [0.1, 0.15) is 0 Å². The summed E-state index contributed by atoms with van der Waals surface area (Å²) in [6.07, 6.45) is 1.94. The van der Waals surface area contributed by atoms with E-state index in [1.165, 1.54) is 6.07 Å². The number of para-hydroxylation sites is 1. The fourth-order valence-corrected chi connectivity index (χ4v) is 2.50. The molecule has 6 heteroatoms. The second-order valence-electron chi connectivity index (χ2n) is 5.22. The van der Waals surface area contributed by atoms with Crippen molar-refractivity contribution in [3.05, 3.63) is 28.2 Å². The molecule has 2 atom stereocenters. The van der Waals surface area contributed by atoms with Crippen molar-refractivity contribution in [2.45, 2.75) is 39.7 Å². The van der Waals surface area contributed by atoms with Gasteiger partial charge in [0, 0.05) is 10.5 Å². The van der Waals surface area contributed by atoms with Crippen LogP contribution in [-0.4, -0.2) is 23.1 Å². The number of hydrogen-bond donors (Lipinski definition) is 3. The number of benzene rings is 1. The van der Waals surface area contributed by atoms with E-state index in [1.807, 2.05) is 6.92 Å². The van der Waals surface area contributed by atoms with Gasteiger partial charge in [0.25, 0.3) is 0 Å². The molecule has 116 valence electrons. The molecule has 3 N–H and O–H groups in total. The maximum atomic E-state index is 12.0. The zero-order chi connectivity index (χ0) is 16.0. The van der Waals surface area contributed by atoms with Crippen LogP contribution in [0.15, 0.2) is 22.7 Å². The molecule has 0 aromatic heterocycles. The molecular formula is C15H21BrN2O3. The van der Waals surface area contributed by atoms with E-state index in [0.717, 1.165) is 12.8 Å². The normalized spacial score (nSPS) is 13.3. The molecular weight excluding hydrogens is 336 g/mol. The Morgan fingerprint density at radius 2 is 2.00 bits per heavy atom. The van der Waals surface area contributed by atoms with Gasteiger partial charge in [0.15, 0.2) is 0 Å². The minimum absolute atomic E-state index is 0.0238. The summed E-state index contributed by atoms with van der Waals surface area (Å²) in [6, 6.07) is 4.37. The molecule has 0 bridgehead atoms. The van der Waals surface area contributed by atoms with Crippen molar-refractivity contribution in [3.63, 3.8) is 0 Å². The third-order valence-electron chi connectivity index (χ3n) is 3.31. The Labute approximate surface area is 133 Å². The molecule has 1 aromatic carbocycles. The van der Waals surface area contributed by atoms with E-state index in [-0.39, 0.29) is 17.3 Å². The van der Waals surface area contributed by atoms with Gasteiger partial charge in [-0.2, -0.15) is 0 Å². The van der Waals surface area contributed by atoms with Crippen LogP contribution in [0.5, 0.6) is 0 Å². The molecule has 0 aliphatic heterocycles. The first-order valence-corrected chi connectivity index (χ1v) is 7.73. The van der Waals surface area contributed by atoms with Crippen molar-refractivity contribution in [2.24, 2.45) is 5.92 Å². The van der Waals surface area contributed by atoms with E-state index in [0.29, 0.717) is 10.4 Å². The van der Waals surface area contributed by atoms with Gasteiger partial charge < -0.3 is 15.7 Å². The number of anilines is 1. The molecule has 5 nitrogen and oxygen atoms in total. The Hall–Kier alpha value is -1.56. The first kappa shape index (κ1) is 17.5. The lowest BCUT2D eigenvalue weighted by Gasteiger charge is -2.18. The van der Waals surface area contributed by atoms with Crippen molar-refractivity contribution in [2.75, 3.05) is 5.32 Å². The molecule has 0 fully saturated rings. The largest absolute Gasteiger partial charge is 0.478 e. The third-order valence-corrected chi connectivity index (χ3v) is 3.97. The fourth-order valence-electron chi connectivity index (χ4n) is 2.03.